The Morgan fingerprint density at radius 2 is 1.26 bits per heavy atom. The topological polar surface area (TPSA) is 35.0 Å². The van der Waals surface area contributed by atoms with Crippen molar-refractivity contribution in [1.29, 1.82) is 0 Å². The van der Waals surface area contributed by atoms with Crippen molar-refractivity contribution < 1.29 is 44.3 Å². The molecule has 47 heavy (non-hydrogen) atoms. The van der Waals surface area contributed by atoms with Crippen LogP contribution in [0.1, 0.15) is 36.5 Å². The third kappa shape index (κ3) is 7.32. The van der Waals surface area contributed by atoms with Gasteiger partial charge in [0, 0.05) is 35.7 Å². The second-order valence-corrected chi connectivity index (χ2v) is 10.3. The molecule has 0 radical (unpaired) electrons. The number of aromatic nitrogens is 2. The molecular weight excluding hydrogens is 635 g/mol. The van der Waals surface area contributed by atoms with Gasteiger partial charge in [0.25, 0.3) is 6.43 Å². The molecule has 0 aliphatic rings. The Labute approximate surface area is 263 Å². The standard InChI is InChI=1S/C35H23F9N2O/c1-2-3-4-5-19-17-45-34(46-18-19)21-8-6-20(7-9-21)22-10-11-25(26(36)12-22)23-13-29(39)32(30(40)14-23)35(43,44)47-24-15-27(37)31(33(41)42)28(38)16-24/h2-3,6-18,33H,4-5H2,1H3. The number of rotatable bonds is 10. The summed E-state index contributed by atoms with van der Waals surface area (Å²) >= 11 is 0. The smallest absolute Gasteiger partial charge is 0.429 e. The van der Waals surface area contributed by atoms with E-state index in [0.29, 0.717) is 29.1 Å². The second kappa shape index (κ2) is 13.7. The third-order valence-corrected chi connectivity index (χ3v) is 7.15. The fraction of sp³-hybridized carbons (Fsp3) is 0.143. The summed E-state index contributed by atoms with van der Waals surface area (Å²) in [6, 6.07) is 11.7. The molecule has 0 unspecified atom stereocenters. The fourth-order valence-corrected chi connectivity index (χ4v) is 4.82. The minimum Gasteiger partial charge on any atom is -0.429 e. The van der Waals surface area contributed by atoms with Crippen LogP contribution in [-0.2, 0) is 12.5 Å². The van der Waals surface area contributed by atoms with Gasteiger partial charge in [0.15, 0.2) is 5.82 Å². The van der Waals surface area contributed by atoms with Gasteiger partial charge in [-0.15, -0.1) is 0 Å². The van der Waals surface area contributed by atoms with E-state index in [4.69, 9.17) is 0 Å². The van der Waals surface area contributed by atoms with Crippen molar-refractivity contribution in [3.05, 3.63) is 137 Å². The van der Waals surface area contributed by atoms with E-state index >= 15 is 4.39 Å². The molecule has 0 aliphatic carbocycles. The van der Waals surface area contributed by atoms with Crippen LogP contribution in [0.3, 0.4) is 0 Å². The molecule has 0 bridgehead atoms. The van der Waals surface area contributed by atoms with Gasteiger partial charge in [-0.05, 0) is 60.2 Å². The van der Waals surface area contributed by atoms with Gasteiger partial charge in [-0.25, -0.2) is 40.7 Å². The lowest BCUT2D eigenvalue weighted by Crippen LogP contribution is -2.25. The van der Waals surface area contributed by atoms with E-state index in [1.165, 1.54) is 12.1 Å². The molecule has 0 saturated heterocycles. The first-order valence-electron chi connectivity index (χ1n) is 14.0. The molecule has 0 amide bonds. The quantitative estimate of drug-likeness (QED) is 0.111. The highest BCUT2D eigenvalue weighted by Gasteiger charge is 2.42. The van der Waals surface area contributed by atoms with Crippen LogP contribution >= 0.6 is 0 Å². The van der Waals surface area contributed by atoms with Crippen molar-refractivity contribution in [2.75, 3.05) is 0 Å². The van der Waals surface area contributed by atoms with Gasteiger partial charge < -0.3 is 4.74 Å². The second-order valence-electron chi connectivity index (χ2n) is 10.3. The largest absolute Gasteiger partial charge is 0.432 e. The average Bonchev–Trinajstić information content (AvgIpc) is 3.00. The summed E-state index contributed by atoms with van der Waals surface area (Å²) in [5.41, 5.74) is -1.64. The first-order valence-corrected chi connectivity index (χ1v) is 14.0. The third-order valence-electron chi connectivity index (χ3n) is 7.15. The zero-order valence-corrected chi connectivity index (χ0v) is 24.4. The van der Waals surface area contributed by atoms with Crippen molar-refractivity contribution in [2.45, 2.75) is 32.3 Å². The first-order chi connectivity index (χ1) is 22.4. The lowest BCUT2D eigenvalue weighted by atomic mass is 9.97. The van der Waals surface area contributed by atoms with Crippen LogP contribution in [0.2, 0.25) is 0 Å². The molecule has 0 atom stereocenters. The molecule has 4 aromatic carbocycles. The molecule has 5 aromatic rings. The number of aryl methyl sites for hydroxylation is 1. The lowest BCUT2D eigenvalue weighted by Gasteiger charge is -2.20. The minimum atomic E-state index is -4.84. The molecule has 12 heteroatoms. The molecule has 0 aliphatic heterocycles. The number of hydrogen-bond donors (Lipinski definition) is 0. The highest BCUT2D eigenvalue weighted by atomic mass is 19.3. The van der Waals surface area contributed by atoms with Gasteiger partial charge in [-0.3, -0.25) is 0 Å². The summed E-state index contributed by atoms with van der Waals surface area (Å²) < 4.78 is 132. The molecule has 0 N–H and O–H groups in total. The van der Waals surface area contributed by atoms with Crippen molar-refractivity contribution in [2.24, 2.45) is 0 Å². The molecule has 1 aromatic heterocycles. The van der Waals surface area contributed by atoms with Crippen molar-refractivity contribution >= 4 is 0 Å². The van der Waals surface area contributed by atoms with Gasteiger partial charge in [-0.2, -0.15) is 8.78 Å². The normalized spacial score (nSPS) is 11.9. The van der Waals surface area contributed by atoms with Crippen LogP contribution < -0.4 is 4.74 Å². The Kier molecular flexibility index (Phi) is 9.69. The highest BCUT2D eigenvalue weighted by Crippen LogP contribution is 2.39. The molecule has 242 valence electrons. The predicted molar refractivity (Wildman–Crippen MR) is 157 cm³/mol. The summed E-state index contributed by atoms with van der Waals surface area (Å²) in [5.74, 6) is -9.22. The molecule has 3 nitrogen and oxygen atoms in total. The number of halogens is 9. The summed E-state index contributed by atoms with van der Waals surface area (Å²) in [6.45, 7) is 1.95. The van der Waals surface area contributed by atoms with E-state index in [0.717, 1.165) is 30.0 Å². The Hall–Kier alpha value is -5.13. The van der Waals surface area contributed by atoms with Gasteiger partial charge >= 0.3 is 6.11 Å². The number of ether oxygens (including phenoxy) is 1. The Bertz CT molecular complexity index is 1880. The predicted octanol–water partition coefficient (Wildman–Crippen LogP) is 10.7. The number of allylic oxidation sites excluding steroid dienone is 2. The summed E-state index contributed by atoms with van der Waals surface area (Å²) in [6.07, 6.45) is 0.765. The zero-order valence-electron chi connectivity index (χ0n) is 24.4. The van der Waals surface area contributed by atoms with Crippen LogP contribution in [0.15, 0.2) is 91.3 Å². The van der Waals surface area contributed by atoms with E-state index in [-0.39, 0.29) is 17.7 Å². The van der Waals surface area contributed by atoms with E-state index < -0.39 is 64.1 Å². The van der Waals surface area contributed by atoms with E-state index in [1.807, 2.05) is 19.1 Å². The fourth-order valence-electron chi connectivity index (χ4n) is 4.82. The molecule has 0 fully saturated rings. The van der Waals surface area contributed by atoms with Crippen molar-refractivity contribution in [3.8, 4) is 39.4 Å². The monoisotopic (exact) mass is 658 g/mol. The first kappa shape index (κ1) is 33.2. The zero-order chi connectivity index (χ0) is 33.9. The van der Waals surface area contributed by atoms with Gasteiger partial charge in [0.05, 0.1) is 5.56 Å². The Balaban J connectivity index is 1.35. The molecule has 0 saturated carbocycles. The van der Waals surface area contributed by atoms with Gasteiger partial charge in [-0.1, -0.05) is 48.6 Å². The summed E-state index contributed by atoms with van der Waals surface area (Å²) in [4.78, 5) is 8.79. The average molecular weight is 659 g/mol. The molecular formula is C35H23F9N2O. The summed E-state index contributed by atoms with van der Waals surface area (Å²) in [5, 5.41) is 0. The molecule has 0 spiro atoms. The maximum Gasteiger partial charge on any atom is 0.432 e. The Morgan fingerprint density at radius 3 is 1.81 bits per heavy atom. The van der Waals surface area contributed by atoms with Crippen LogP contribution in [0.4, 0.5) is 39.5 Å². The number of benzene rings is 4. The molecule has 5 rings (SSSR count). The van der Waals surface area contributed by atoms with Crippen molar-refractivity contribution in [1.82, 2.24) is 9.97 Å². The van der Waals surface area contributed by atoms with E-state index in [2.05, 4.69) is 14.7 Å². The minimum absolute atomic E-state index is 0.0333. The lowest BCUT2D eigenvalue weighted by molar-refractivity contribution is -0.189. The van der Waals surface area contributed by atoms with Gasteiger partial charge in [0.2, 0.25) is 0 Å². The molecule has 1 heterocycles. The maximum atomic E-state index is 15.2. The van der Waals surface area contributed by atoms with Crippen LogP contribution in [0, 0.1) is 29.1 Å². The Morgan fingerprint density at radius 1 is 0.702 bits per heavy atom. The number of hydrogen-bond acceptors (Lipinski definition) is 3. The van der Waals surface area contributed by atoms with Crippen molar-refractivity contribution in [3.63, 3.8) is 0 Å². The number of nitrogens with zero attached hydrogens (tertiary/aromatic N) is 2. The van der Waals surface area contributed by atoms with Crippen LogP contribution in [0.25, 0.3) is 33.6 Å². The van der Waals surface area contributed by atoms with E-state index in [1.54, 1.807) is 36.7 Å². The summed E-state index contributed by atoms with van der Waals surface area (Å²) in [7, 11) is 0. The highest BCUT2D eigenvalue weighted by molar-refractivity contribution is 5.73. The van der Waals surface area contributed by atoms with Crippen LogP contribution in [0.5, 0.6) is 5.75 Å². The van der Waals surface area contributed by atoms with Crippen LogP contribution in [-0.4, -0.2) is 9.97 Å². The van der Waals surface area contributed by atoms with Gasteiger partial charge in [0.1, 0.15) is 40.4 Å². The SMILES string of the molecule is CC=CCCc1cnc(-c2ccc(-c3ccc(-c4cc(F)c(C(F)(F)Oc5cc(F)c(C(F)F)c(F)c5)c(F)c4)c(F)c3)cc2)nc1. The number of alkyl halides is 4. The van der Waals surface area contributed by atoms with E-state index in [9.17, 15) is 35.1 Å². The maximum absolute atomic E-state index is 15.2.